The molecule has 7 heteroatoms. The zero-order chi connectivity index (χ0) is 20.6. The molecule has 0 spiro atoms. The molecule has 0 aromatic heterocycles. The Morgan fingerprint density at radius 1 is 1.17 bits per heavy atom. The molecule has 1 aromatic rings. The number of ether oxygens (including phenoxy) is 2. The van der Waals surface area contributed by atoms with Crippen LogP contribution in [0.2, 0.25) is 0 Å². The van der Waals surface area contributed by atoms with E-state index in [2.05, 4.69) is 33.0 Å². The number of hydrogen-bond donors (Lipinski definition) is 1. The molecule has 0 bridgehead atoms. The van der Waals surface area contributed by atoms with Crippen molar-refractivity contribution < 1.29 is 14.3 Å². The van der Waals surface area contributed by atoms with Gasteiger partial charge in [-0.1, -0.05) is 15.9 Å². The Labute approximate surface area is 182 Å². The van der Waals surface area contributed by atoms with Gasteiger partial charge in [0, 0.05) is 31.2 Å². The van der Waals surface area contributed by atoms with Gasteiger partial charge in [-0.25, -0.2) is 4.79 Å². The Balaban J connectivity index is 1.41. The van der Waals surface area contributed by atoms with Gasteiger partial charge in [0.2, 0.25) is 0 Å². The average molecular weight is 468 g/mol. The minimum absolute atomic E-state index is 0.273. The number of urea groups is 1. The van der Waals surface area contributed by atoms with Crippen molar-refractivity contribution in [1.82, 2.24) is 9.80 Å². The largest absolute Gasteiger partial charge is 0.491 e. The highest BCUT2D eigenvalue weighted by Crippen LogP contribution is 2.29. The lowest BCUT2D eigenvalue weighted by molar-refractivity contribution is 0.146. The van der Waals surface area contributed by atoms with Crippen molar-refractivity contribution in [3.05, 3.63) is 28.2 Å². The molecule has 1 atom stereocenters. The van der Waals surface area contributed by atoms with Gasteiger partial charge in [-0.2, -0.15) is 0 Å². The Kier molecular flexibility index (Phi) is 8.63. The number of piperidine rings is 1. The molecule has 2 saturated heterocycles. The van der Waals surface area contributed by atoms with Crippen LogP contribution < -0.4 is 10.5 Å². The van der Waals surface area contributed by atoms with Crippen LogP contribution in [-0.4, -0.2) is 68.9 Å². The van der Waals surface area contributed by atoms with Gasteiger partial charge in [-0.3, -0.25) is 0 Å². The van der Waals surface area contributed by atoms with E-state index in [0.29, 0.717) is 19.1 Å². The second-order valence-electron chi connectivity index (χ2n) is 8.31. The van der Waals surface area contributed by atoms with E-state index in [1.165, 1.54) is 38.0 Å². The van der Waals surface area contributed by atoms with Gasteiger partial charge >= 0.3 is 6.03 Å². The number of nitrogens with two attached hydrogens (primary N) is 1. The summed E-state index contributed by atoms with van der Waals surface area (Å²) in [5.41, 5.74) is 6.70. The van der Waals surface area contributed by atoms with Crippen molar-refractivity contribution in [3.63, 3.8) is 0 Å². The van der Waals surface area contributed by atoms with Crippen molar-refractivity contribution in [2.45, 2.75) is 32.1 Å². The first-order valence-corrected chi connectivity index (χ1v) is 11.5. The summed E-state index contributed by atoms with van der Waals surface area (Å²) in [4.78, 5) is 15.6. The lowest BCUT2D eigenvalue weighted by Crippen LogP contribution is -2.42. The molecular formula is C22H34BrN3O3. The SMILES string of the molecule is COCCOc1ccc(Br)c(CC2CCN(CCC3CCN(C(N)=O)CC3)C2)c1. The average Bonchev–Trinajstić information content (AvgIpc) is 3.17. The van der Waals surface area contributed by atoms with Crippen LogP contribution >= 0.6 is 15.9 Å². The van der Waals surface area contributed by atoms with Crippen LogP contribution in [-0.2, 0) is 11.2 Å². The van der Waals surface area contributed by atoms with Crippen molar-refractivity contribution in [2.75, 3.05) is 53.0 Å². The Hall–Kier alpha value is -1.31. The van der Waals surface area contributed by atoms with Gasteiger partial charge in [0.1, 0.15) is 12.4 Å². The number of methoxy groups -OCH3 is 1. The van der Waals surface area contributed by atoms with Crippen LogP contribution in [0.5, 0.6) is 5.75 Å². The molecular weight excluding hydrogens is 434 g/mol. The fourth-order valence-electron chi connectivity index (χ4n) is 4.44. The van der Waals surface area contributed by atoms with E-state index in [1.54, 1.807) is 12.0 Å². The van der Waals surface area contributed by atoms with E-state index in [1.807, 2.05) is 6.07 Å². The highest BCUT2D eigenvalue weighted by Gasteiger charge is 2.26. The summed E-state index contributed by atoms with van der Waals surface area (Å²) in [5.74, 6) is 2.33. The number of amides is 2. The molecule has 0 saturated carbocycles. The molecule has 0 radical (unpaired) electrons. The van der Waals surface area contributed by atoms with Gasteiger partial charge in [-0.15, -0.1) is 0 Å². The molecule has 3 rings (SSSR count). The maximum atomic E-state index is 11.2. The topological polar surface area (TPSA) is 68.0 Å². The maximum absolute atomic E-state index is 11.2. The molecule has 162 valence electrons. The van der Waals surface area contributed by atoms with Crippen LogP contribution in [0.1, 0.15) is 31.2 Å². The number of rotatable bonds is 9. The molecule has 2 fully saturated rings. The fraction of sp³-hybridized carbons (Fsp3) is 0.682. The highest BCUT2D eigenvalue weighted by molar-refractivity contribution is 9.10. The second-order valence-corrected chi connectivity index (χ2v) is 9.17. The zero-order valence-corrected chi connectivity index (χ0v) is 19.0. The van der Waals surface area contributed by atoms with Crippen molar-refractivity contribution in [3.8, 4) is 5.75 Å². The number of nitrogens with zero attached hydrogens (tertiary/aromatic N) is 2. The Morgan fingerprint density at radius 2 is 1.93 bits per heavy atom. The smallest absolute Gasteiger partial charge is 0.314 e. The summed E-state index contributed by atoms with van der Waals surface area (Å²) in [6.07, 6.45) is 5.73. The second kappa shape index (κ2) is 11.2. The molecule has 2 N–H and O–H groups in total. The molecule has 6 nitrogen and oxygen atoms in total. The van der Waals surface area contributed by atoms with Crippen LogP contribution in [0.25, 0.3) is 0 Å². The third-order valence-corrected chi connectivity index (χ3v) is 7.01. The van der Waals surface area contributed by atoms with Gasteiger partial charge < -0.3 is 25.0 Å². The first kappa shape index (κ1) is 22.4. The number of likely N-dealkylation sites (tertiary alicyclic amines) is 2. The first-order chi connectivity index (χ1) is 14.0. The molecule has 1 aromatic carbocycles. The normalized spacial score (nSPS) is 20.9. The number of hydrogen-bond acceptors (Lipinski definition) is 4. The van der Waals surface area contributed by atoms with Gasteiger partial charge in [0.05, 0.1) is 6.61 Å². The highest BCUT2D eigenvalue weighted by atomic mass is 79.9. The Bertz CT molecular complexity index is 665. The summed E-state index contributed by atoms with van der Waals surface area (Å²) in [5, 5.41) is 0. The van der Waals surface area contributed by atoms with Crippen molar-refractivity contribution >= 4 is 22.0 Å². The van der Waals surface area contributed by atoms with Crippen LogP contribution in [0, 0.1) is 11.8 Å². The monoisotopic (exact) mass is 467 g/mol. The van der Waals surface area contributed by atoms with E-state index in [0.717, 1.165) is 48.5 Å². The molecule has 1 unspecified atom stereocenters. The summed E-state index contributed by atoms with van der Waals surface area (Å²) in [6.45, 7) is 6.34. The van der Waals surface area contributed by atoms with Crippen molar-refractivity contribution in [1.29, 1.82) is 0 Å². The van der Waals surface area contributed by atoms with E-state index < -0.39 is 0 Å². The minimum Gasteiger partial charge on any atom is -0.491 e. The summed E-state index contributed by atoms with van der Waals surface area (Å²) in [7, 11) is 1.69. The van der Waals surface area contributed by atoms with E-state index >= 15 is 0 Å². The third-order valence-electron chi connectivity index (χ3n) is 6.23. The number of benzene rings is 1. The molecule has 2 aliphatic heterocycles. The van der Waals surface area contributed by atoms with Gasteiger partial charge in [0.25, 0.3) is 0 Å². The molecule has 2 aliphatic rings. The quantitative estimate of drug-likeness (QED) is 0.564. The minimum atomic E-state index is -0.273. The third kappa shape index (κ3) is 6.86. The summed E-state index contributed by atoms with van der Waals surface area (Å²) < 4.78 is 12.0. The van der Waals surface area contributed by atoms with Gasteiger partial charge in [-0.05, 0) is 80.8 Å². The lowest BCUT2D eigenvalue weighted by Gasteiger charge is -2.31. The number of halogens is 1. The summed E-state index contributed by atoms with van der Waals surface area (Å²) >= 11 is 3.70. The Morgan fingerprint density at radius 3 is 2.66 bits per heavy atom. The number of carbonyl (C=O) groups is 1. The standard InChI is InChI=1S/C22H34BrN3O3/c1-28-12-13-29-20-2-3-21(23)19(15-20)14-18-5-9-25(16-18)8-4-17-6-10-26(11-7-17)22(24)27/h2-3,15,17-18H,4-14,16H2,1H3,(H2,24,27). The van der Waals surface area contributed by atoms with Crippen LogP contribution in [0.3, 0.4) is 0 Å². The first-order valence-electron chi connectivity index (χ1n) is 10.7. The number of carbonyl (C=O) groups excluding carboxylic acids is 1. The van der Waals surface area contributed by atoms with Crippen molar-refractivity contribution in [2.24, 2.45) is 17.6 Å². The van der Waals surface area contributed by atoms with E-state index in [-0.39, 0.29) is 6.03 Å². The fourth-order valence-corrected chi connectivity index (χ4v) is 4.85. The van der Waals surface area contributed by atoms with Crippen LogP contribution in [0.15, 0.2) is 22.7 Å². The molecule has 2 amide bonds. The predicted molar refractivity (Wildman–Crippen MR) is 118 cm³/mol. The molecule has 2 heterocycles. The zero-order valence-electron chi connectivity index (χ0n) is 17.4. The van der Waals surface area contributed by atoms with E-state index in [9.17, 15) is 4.79 Å². The van der Waals surface area contributed by atoms with Crippen LogP contribution in [0.4, 0.5) is 4.79 Å². The molecule has 0 aliphatic carbocycles. The lowest BCUT2D eigenvalue weighted by atomic mass is 9.93. The van der Waals surface area contributed by atoms with Gasteiger partial charge in [0.15, 0.2) is 0 Å². The maximum Gasteiger partial charge on any atom is 0.314 e. The molecule has 29 heavy (non-hydrogen) atoms. The predicted octanol–water partition coefficient (Wildman–Crippen LogP) is 3.52. The number of primary amides is 1. The van der Waals surface area contributed by atoms with E-state index in [4.69, 9.17) is 15.2 Å². The summed E-state index contributed by atoms with van der Waals surface area (Å²) in [6, 6.07) is 5.98.